The summed E-state index contributed by atoms with van der Waals surface area (Å²) in [6.07, 6.45) is 5.63. The third kappa shape index (κ3) is 6.62. The lowest BCUT2D eigenvalue weighted by Crippen LogP contribution is -2.45. The van der Waals surface area contributed by atoms with Gasteiger partial charge in [-0.15, -0.1) is 0 Å². The van der Waals surface area contributed by atoms with E-state index in [1.54, 1.807) is 12.3 Å². The number of rotatable bonds is 6. The first-order valence-corrected chi connectivity index (χ1v) is 10.5. The lowest BCUT2D eigenvalue weighted by molar-refractivity contribution is -0.121. The van der Waals surface area contributed by atoms with Crippen molar-refractivity contribution in [3.8, 4) is 0 Å². The number of likely N-dealkylation sites (tertiary alicyclic amines) is 1. The van der Waals surface area contributed by atoms with Gasteiger partial charge in [0, 0.05) is 42.6 Å². The molecule has 3 heterocycles. The van der Waals surface area contributed by atoms with Crippen molar-refractivity contribution < 1.29 is 9.59 Å². The molecule has 3 rings (SSSR count). The van der Waals surface area contributed by atoms with Crippen LogP contribution in [0.3, 0.4) is 0 Å². The summed E-state index contributed by atoms with van der Waals surface area (Å²) in [6, 6.07) is 9.72. The quantitative estimate of drug-likeness (QED) is 0.765. The van der Waals surface area contributed by atoms with E-state index in [2.05, 4.69) is 31.6 Å². The van der Waals surface area contributed by atoms with Crippen LogP contribution in [0.1, 0.15) is 61.3 Å². The summed E-state index contributed by atoms with van der Waals surface area (Å²) in [5.74, 6) is -0.161. The molecule has 1 atom stereocenters. The van der Waals surface area contributed by atoms with Crippen LogP contribution >= 0.6 is 0 Å². The molecule has 0 radical (unpaired) electrons. The van der Waals surface area contributed by atoms with Crippen molar-refractivity contribution in [2.24, 2.45) is 0 Å². The largest absolute Gasteiger partial charge is 0.350 e. The summed E-state index contributed by atoms with van der Waals surface area (Å²) in [4.78, 5) is 35.6. The number of hydrogen-bond acceptors (Lipinski definition) is 5. The molecule has 2 amide bonds. The molecular formula is C23H31N5O2. The molecule has 1 fully saturated rings. The van der Waals surface area contributed by atoms with E-state index in [9.17, 15) is 9.59 Å². The molecule has 2 N–H and O–H groups in total. The molecule has 0 aliphatic carbocycles. The summed E-state index contributed by atoms with van der Waals surface area (Å²) in [6.45, 7) is 8.48. The number of aromatic nitrogens is 2. The lowest BCUT2D eigenvalue weighted by Gasteiger charge is -2.32. The third-order valence-electron chi connectivity index (χ3n) is 5.01. The van der Waals surface area contributed by atoms with Crippen molar-refractivity contribution in [1.82, 2.24) is 25.5 Å². The molecule has 1 aliphatic heterocycles. The zero-order chi connectivity index (χ0) is 21.6. The van der Waals surface area contributed by atoms with E-state index in [-0.39, 0.29) is 23.9 Å². The number of carbonyl (C=O) groups excluding carboxylic acids is 2. The second-order valence-electron chi connectivity index (χ2n) is 8.85. The van der Waals surface area contributed by atoms with Gasteiger partial charge in [-0.25, -0.2) is 0 Å². The molecule has 0 aromatic carbocycles. The first kappa shape index (κ1) is 21.9. The van der Waals surface area contributed by atoms with E-state index in [4.69, 9.17) is 0 Å². The Morgan fingerprint density at radius 3 is 2.67 bits per heavy atom. The molecule has 1 aliphatic rings. The Bertz CT molecular complexity index is 846. The smallest absolute Gasteiger partial charge is 0.253 e. The van der Waals surface area contributed by atoms with E-state index in [1.165, 1.54) is 0 Å². The number of carbonyl (C=O) groups is 2. The van der Waals surface area contributed by atoms with Gasteiger partial charge in [-0.1, -0.05) is 6.07 Å². The van der Waals surface area contributed by atoms with E-state index < -0.39 is 0 Å². The Morgan fingerprint density at radius 2 is 2.00 bits per heavy atom. The van der Waals surface area contributed by atoms with Crippen molar-refractivity contribution in [2.45, 2.75) is 51.6 Å². The van der Waals surface area contributed by atoms with Gasteiger partial charge in [-0.2, -0.15) is 0 Å². The number of nitrogens with zero attached hydrogens (tertiary/aromatic N) is 3. The molecule has 160 valence electrons. The van der Waals surface area contributed by atoms with Gasteiger partial charge in [0.25, 0.3) is 5.91 Å². The Balaban J connectivity index is 1.53. The van der Waals surface area contributed by atoms with Gasteiger partial charge in [0.15, 0.2) is 0 Å². The van der Waals surface area contributed by atoms with Crippen LogP contribution in [0.25, 0.3) is 0 Å². The first-order valence-electron chi connectivity index (χ1n) is 10.5. The van der Waals surface area contributed by atoms with Crippen molar-refractivity contribution in [3.63, 3.8) is 0 Å². The lowest BCUT2D eigenvalue weighted by atomic mass is 9.94. The fraction of sp³-hybridized carbons (Fsp3) is 0.478. The summed E-state index contributed by atoms with van der Waals surface area (Å²) < 4.78 is 0. The zero-order valence-electron chi connectivity index (χ0n) is 18.0. The molecule has 0 unspecified atom stereocenters. The Hall–Kier alpha value is -2.80. The number of pyridine rings is 2. The summed E-state index contributed by atoms with van der Waals surface area (Å²) in [5, 5.41) is 5.47. The van der Waals surface area contributed by atoms with Crippen LogP contribution in [0.5, 0.6) is 0 Å². The van der Waals surface area contributed by atoms with Gasteiger partial charge >= 0.3 is 0 Å². The van der Waals surface area contributed by atoms with Gasteiger partial charge in [-0.05, 0) is 64.4 Å². The van der Waals surface area contributed by atoms with Gasteiger partial charge < -0.3 is 10.6 Å². The van der Waals surface area contributed by atoms with Crippen LogP contribution in [0.15, 0.2) is 42.7 Å². The molecule has 2 aromatic rings. The van der Waals surface area contributed by atoms with Crippen LogP contribution in [0, 0.1) is 0 Å². The molecular weight excluding hydrogens is 378 g/mol. The van der Waals surface area contributed by atoms with Crippen LogP contribution in [0.4, 0.5) is 0 Å². The monoisotopic (exact) mass is 409 g/mol. The minimum atomic E-state index is -0.324. The molecule has 30 heavy (non-hydrogen) atoms. The molecule has 7 nitrogen and oxygen atoms in total. The molecule has 0 bridgehead atoms. The minimum Gasteiger partial charge on any atom is -0.350 e. The van der Waals surface area contributed by atoms with Crippen molar-refractivity contribution in [2.75, 3.05) is 19.6 Å². The van der Waals surface area contributed by atoms with Crippen molar-refractivity contribution >= 4 is 11.8 Å². The summed E-state index contributed by atoms with van der Waals surface area (Å²) in [5.41, 5.74) is 2.22. The standard InChI is InChI=1S/C23H31N5O2/c1-23(2,3)27-21(29)14-26-22(30)17-9-10-20(25-13-17)18-7-6-12-28(15-18)16-19-8-4-5-11-24-19/h4-5,8-11,13,18H,6-7,12,14-16H2,1-3H3,(H,26,30)(H,27,29)/t18-/m0/s1. The van der Waals surface area contributed by atoms with Crippen LogP contribution in [0.2, 0.25) is 0 Å². The number of nitrogens with one attached hydrogen (secondary N) is 2. The van der Waals surface area contributed by atoms with Gasteiger partial charge in [0.05, 0.1) is 17.8 Å². The maximum Gasteiger partial charge on any atom is 0.253 e. The predicted molar refractivity (Wildman–Crippen MR) is 116 cm³/mol. The van der Waals surface area contributed by atoms with E-state index in [0.717, 1.165) is 43.9 Å². The molecule has 7 heteroatoms. The van der Waals surface area contributed by atoms with Crippen LogP contribution in [-0.4, -0.2) is 51.9 Å². The fourth-order valence-electron chi connectivity index (χ4n) is 3.67. The third-order valence-corrected chi connectivity index (χ3v) is 5.01. The van der Waals surface area contributed by atoms with E-state index in [0.29, 0.717) is 11.5 Å². The highest BCUT2D eigenvalue weighted by Crippen LogP contribution is 2.26. The zero-order valence-corrected chi connectivity index (χ0v) is 18.0. The van der Waals surface area contributed by atoms with Gasteiger partial charge in [-0.3, -0.25) is 24.5 Å². The number of hydrogen-bond donors (Lipinski definition) is 2. The molecule has 0 spiro atoms. The Labute approximate surface area is 178 Å². The average molecular weight is 410 g/mol. The minimum absolute atomic E-state index is 0.0526. The number of amides is 2. The number of piperidine rings is 1. The van der Waals surface area contributed by atoms with Gasteiger partial charge in [0.2, 0.25) is 5.91 Å². The van der Waals surface area contributed by atoms with Crippen LogP contribution in [-0.2, 0) is 11.3 Å². The Morgan fingerprint density at radius 1 is 1.17 bits per heavy atom. The normalized spacial score (nSPS) is 17.4. The summed E-state index contributed by atoms with van der Waals surface area (Å²) >= 11 is 0. The van der Waals surface area contributed by atoms with Crippen molar-refractivity contribution in [1.29, 1.82) is 0 Å². The second kappa shape index (κ2) is 9.80. The van der Waals surface area contributed by atoms with Gasteiger partial charge in [0.1, 0.15) is 0 Å². The van der Waals surface area contributed by atoms with E-state index >= 15 is 0 Å². The highest BCUT2D eigenvalue weighted by Gasteiger charge is 2.23. The fourth-order valence-corrected chi connectivity index (χ4v) is 3.67. The molecule has 1 saturated heterocycles. The summed E-state index contributed by atoms with van der Waals surface area (Å²) in [7, 11) is 0. The maximum atomic E-state index is 12.3. The first-order chi connectivity index (χ1) is 14.3. The highest BCUT2D eigenvalue weighted by atomic mass is 16.2. The van der Waals surface area contributed by atoms with E-state index in [1.807, 2.05) is 45.2 Å². The molecule has 0 saturated carbocycles. The maximum absolute atomic E-state index is 12.3. The molecule has 2 aromatic heterocycles. The predicted octanol–water partition coefficient (Wildman–Crippen LogP) is 2.50. The SMILES string of the molecule is CC(C)(C)NC(=O)CNC(=O)c1ccc([C@H]2CCCN(Cc3ccccn3)C2)nc1. The highest BCUT2D eigenvalue weighted by molar-refractivity contribution is 5.96. The Kier molecular flexibility index (Phi) is 7.15. The van der Waals surface area contributed by atoms with Crippen LogP contribution < -0.4 is 10.6 Å². The topological polar surface area (TPSA) is 87.2 Å². The second-order valence-corrected chi connectivity index (χ2v) is 8.85. The average Bonchev–Trinajstić information content (AvgIpc) is 2.72. The van der Waals surface area contributed by atoms with Crippen molar-refractivity contribution in [3.05, 3.63) is 59.7 Å².